The molecule has 0 aromatic heterocycles. The monoisotopic (exact) mass is 339 g/mol. The van der Waals surface area contributed by atoms with Crippen molar-refractivity contribution in [3.05, 3.63) is 72.8 Å². The highest BCUT2D eigenvalue weighted by Crippen LogP contribution is 2.15. The summed E-state index contributed by atoms with van der Waals surface area (Å²) >= 11 is 5.17. The molecule has 0 radical (unpaired) electrons. The van der Waals surface area contributed by atoms with Crippen molar-refractivity contribution in [2.24, 2.45) is 0 Å². The van der Waals surface area contributed by atoms with E-state index in [2.05, 4.69) is 22.5 Å². The molecule has 5 heteroatoms. The molecule has 0 unspecified atom stereocenters. The van der Waals surface area contributed by atoms with Gasteiger partial charge in [0.15, 0.2) is 5.11 Å². The van der Waals surface area contributed by atoms with Crippen molar-refractivity contribution in [1.82, 2.24) is 5.32 Å². The Hall–Kier alpha value is -2.66. The SMILES string of the molecule is C=CCNC(=S)Nc1cccc(NC(=O)CCc2ccccc2)c1. The van der Waals surface area contributed by atoms with Crippen LogP contribution in [0.2, 0.25) is 0 Å². The van der Waals surface area contributed by atoms with Gasteiger partial charge in [-0.1, -0.05) is 42.5 Å². The predicted molar refractivity (Wildman–Crippen MR) is 104 cm³/mol. The summed E-state index contributed by atoms with van der Waals surface area (Å²) in [6, 6.07) is 17.4. The summed E-state index contributed by atoms with van der Waals surface area (Å²) in [4.78, 5) is 12.1. The van der Waals surface area contributed by atoms with Crippen LogP contribution >= 0.6 is 12.2 Å². The molecule has 2 aromatic rings. The van der Waals surface area contributed by atoms with E-state index in [1.165, 1.54) is 0 Å². The first kappa shape index (κ1) is 17.7. The number of nitrogens with one attached hydrogen (secondary N) is 3. The lowest BCUT2D eigenvalue weighted by atomic mass is 10.1. The van der Waals surface area contributed by atoms with Crippen molar-refractivity contribution in [3.8, 4) is 0 Å². The van der Waals surface area contributed by atoms with Gasteiger partial charge in [0.2, 0.25) is 5.91 Å². The quantitative estimate of drug-likeness (QED) is 0.531. The lowest BCUT2D eigenvalue weighted by Gasteiger charge is -2.11. The van der Waals surface area contributed by atoms with Gasteiger partial charge in [0.1, 0.15) is 0 Å². The molecule has 0 atom stereocenters. The van der Waals surface area contributed by atoms with Gasteiger partial charge in [0.05, 0.1) is 0 Å². The maximum atomic E-state index is 12.1. The van der Waals surface area contributed by atoms with Crippen LogP contribution in [0.5, 0.6) is 0 Å². The molecular weight excluding hydrogens is 318 g/mol. The third kappa shape index (κ3) is 6.22. The maximum Gasteiger partial charge on any atom is 0.224 e. The molecule has 0 aliphatic carbocycles. The molecule has 0 saturated carbocycles. The molecular formula is C19H21N3OS. The topological polar surface area (TPSA) is 53.2 Å². The number of benzene rings is 2. The van der Waals surface area contributed by atoms with Crippen LogP contribution in [0.4, 0.5) is 11.4 Å². The normalized spacial score (nSPS) is 9.83. The molecule has 0 aliphatic rings. The summed E-state index contributed by atoms with van der Waals surface area (Å²) in [6.07, 6.45) is 2.90. The van der Waals surface area contributed by atoms with E-state index in [1.54, 1.807) is 6.08 Å². The first-order chi connectivity index (χ1) is 11.7. The van der Waals surface area contributed by atoms with Crippen LogP contribution in [0.1, 0.15) is 12.0 Å². The second kappa shape index (κ2) is 9.47. The Bertz CT molecular complexity index is 701. The highest BCUT2D eigenvalue weighted by atomic mass is 32.1. The van der Waals surface area contributed by atoms with Crippen LogP contribution in [0.15, 0.2) is 67.3 Å². The van der Waals surface area contributed by atoms with Crippen LogP contribution in [0, 0.1) is 0 Å². The van der Waals surface area contributed by atoms with Crippen molar-refractivity contribution < 1.29 is 4.79 Å². The van der Waals surface area contributed by atoms with E-state index in [9.17, 15) is 4.79 Å². The zero-order chi connectivity index (χ0) is 17.2. The molecule has 3 N–H and O–H groups in total. The van der Waals surface area contributed by atoms with Gasteiger partial charge in [0, 0.05) is 24.3 Å². The van der Waals surface area contributed by atoms with Crippen molar-refractivity contribution >= 4 is 34.6 Å². The zero-order valence-corrected chi connectivity index (χ0v) is 14.2. The molecule has 0 spiro atoms. The summed E-state index contributed by atoms with van der Waals surface area (Å²) in [5, 5.41) is 9.49. The molecule has 0 bridgehead atoms. The molecule has 0 aliphatic heterocycles. The number of carbonyl (C=O) groups excluding carboxylic acids is 1. The summed E-state index contributed by atoms with van der Waals surface area (Å²) in [7, 11) is 0. The number of thiocarbonyl (C=S) groups is 1. The van der Waals surface area contributed by atoms with Crippen molar-refractivity contribution in [1.29, 1.82) is 0 Å². The van der Waals surface area contributed by atoms with Crippen molar-refractivity contribution in [2.75, 3.05) is 17.2 Å². The first-order valence-electron chi connectivity index (χ1n) is 7.77. The fraction of sp³-hybridized carbons (Fsp3) is 0.158. The minimum atomic E-state index is -0.0108. The molecule has 0 fully saturated rings. The minimum Gasteiger partial charge on any atom is -0.359 e. The van der Waals surface area contributed by atoms with Crippen LogP contribution in [-0.2, 0) is 11.2 Å². The van der Waals surface area contributed by atoms with Gasteiger partial charge in [-0.15, -0.1) is 6.58 Å². The highest BCUT2D eigenvalue weighted by molar-refractivity contribution is 7.80. The van der Waals surface area contributed by atoms with Crippen LogP contribution in [0.3, 0.4) is 0 Å². The lowest BCUT2D eigenvalue weighted by molar-refractivity contribution is -0.116. The van der Waals surface area contributed by atoms with E-state index in [-0.39, 0.29) is 5.91 Å². The van der Waals surface area contributed by atoms with E-state index in [4.69, 9.17) is 12.2 Å². The second-order valence-electron chi connectivity index (χ2n) is 5.24. The number of hydrogen-bond donors (Lipinski definition) is 3. The van der Waals surface area contributed by atoms with Gasteiger partial charge in [-0.25, -0.2) is 0 Å². The van der Waals surface area contributed by atoms with Gasteiger partial charge >= 0.3 is 0 Å². The Morgan fingerprint density at radius 3 is 2.46 bits per heavy atom. The van der Waals surface area contributed by atoms with Gasteiger partial charge in [-0.2, -0.15) is 0 Å². The molecule has 0 heterocycles. The standard InChI is InChI=1S/C19H21N3OS/c1-2-13-20-19(24)22-17-10-6-9-16(14-17)21-18(23)12-11-15-7-4-3-5-8-15/h2-10,14H,1,11-13H2,(H,21,23)(H2,20,22,24). The fourth-order valence-corrected chi connectivity index (χ4v) is 2.34. The van der Waals surface area contributed by atoms with Gasteiger partial charge in [-0.3, -0.25) is 4.79 Å². The molecule has 4 nitrogen and oxygen atoms in total. The van der Waals surface area contributed by atoms with E-state index >= 15 is 0 Å². The molecule has 2 rings (SSSR count). The lowest BCUT2D eigenvalue weighted by Crippen LogP contribution is -2.28. The average Bonchev–Trinajstić information content (AvgIpc) is 2.59. The molecule has 124 valence electrons. The predicted octanol–water partition coefficient (Wildman–Crippen LogP) is 3.73. The number of amides is 1. The van der Waals surface area contributed by atoms with E-state index in [0.29, 0.717) is 18.1 Å². The highest BCUT2D eigenvalue weighted by Gasteiger charge is 2.04. The van der Waals surface area contributed by atoms with Crippen LogP contribution in [0.25, 0.3) is 0 Å². The zero-order valence-electron chi connectivity index (χ0n) is 13.4. The smallest absolute Gasteiger partial charge is 0.224 e. The summed E-state index contributed by atoms with van der Waals surface area (Å²) in [5.74, 6) is -0.0108. The fourth-order valence-electron chi connectivity index (χ4n) is 2.14. The van der Waals surface area contributed by atoms with Gasteiger partial charge in [-0.05, 0) is 42.4 Å². The van der Waals surface area contributed by atoms with Crippen LogP contribution in [-0.4, -0.2) is 17.6 Å². The molecule has 1 amide bonds. The largest absolute Gasteiger partial charge is 0.359 e. The van der Waals surface area contributed by atoms with E-state index < -0.39 is 0 Å². The molecule has 0 saturated heterocycles. The third-order valence-corrected chi connectivity index (χ3v) is 3.54. The Balaban J connectivity index is 1.85. The second-order valence-corrected chi connectivity index (χ2v) is 5.65. The first-order valence-corrected chi connectivity index (χ1v) is 8.18. The molecule has 2 aromatic carbocycles. The average molecular weight is 339 g/mol. The Labute approximate surface area is 148 Å². The van der Waals surface area contributed by atoms with Crippen molar-refractivity contribution in [3.63, 3.8) is 0 Å². The Kier molecular flexibility index (Phi) is 6.98. The number of aryl methyl sites for hydroxylation is 1. The number of anilines is 2. The summed E-state index contributed by atoms with van der Waals surface area (Å²) in [6.45, 7) is 4.23. The summed E-state index contributed by atoms with van der Waals surface area (Å²) in [5.41, 5.74) is 2.71. The van der Waals surface area contributed by atoms with Gasteiger partial charge in [0.25, 0.3) is 0 Å². The van der Waals surface area contributed by atoms with Gasteiger partial charge < -0.3 is 16.0 Å². The molecule has 24 heavy (non-hydrogen) atoms. The Morgan fingerprint density at radius 1 is 1.04 bits per heavy atom. The summed E-state index contributed by atoms with van der Waals surface area (Å²) < 4.78 is 0. The Morgan fingerprint density at radius 2 is 1.75 bits per heavy atom. The maximum absolute atomic E-state index is 12.1. The van der Waals surface area contributed by atoms with Crippen molar-refractivity contribution in [2.45, 2.75) is 12.8 Å². The third-order valence-electron chi connectivity index (χ3n) is 3.29. The number of rotatable bonds is 7. The number of hydrogen-bond acceptors (Lipinski definition) is 2. The minimum absolute atomic E-state index is 0.0108. The van der Waals surface area contributed by atoms with E-state index in [1.807, 2.05) is 54.6 Å². The number of carbonyl (C=O) groups is 1. The van der Waals surface area contributed by atoms with E-state index in [0.717, 1.165) is 23.4 Å². The van der Waals surface area contributed by atoms with Crippen LogP contribution < -0.4 is 16.0 Å².